The zero-order valence-electron chi connectivity index (χ0n) is 10.1. The van der Waals surface area contributed by atoms with E-state index >= 15 is 0 Å². The summed E-state index contributed by atoms with van der Waals surface area (Å²) in [6.45, 7) is 4.62. The van der Waals surface area contributed by atoms with Crippen LogP contribution in [-0.4, -0.2) is 44.3 Å². The summed E-state index contributed by atoms with van der Waals surface area (Å²) in [6.07, 6.45) is 0. The summed E-state index contributed by atoms with van der Waals surface area (Å²) >= 11 is 0. The first-order chi connectivity index (χ1) is 8.66. The number of hydrogen-bond acceptors (Lipinski definition) is 4. The van der Waals surface area contributed by atoms with Crippen molar-refractivity contribution >= 4 is 11.4 Å². The molecule has 0 amide bonds. The van der Waals surface area contributed by atoms with Crippen molar-refractivity contribution in [3.63, 3.8) is 0 Å². The Kier molecular flexibility index (Phi) is 4.33. The Balaban J connectivity index is 1.86. The highest BCUT2D eigenvalue weighted by atomic mass is 19.1. The van der Waals surface area contributed by atoms with E-state index in [0.29, 0.717) is 12.2 Å². The number of ether oxygens (including phenoxy) is 1. The van der Waals surface area contributed by atoms with Crippen LogP contribution in [0.5, 0.6) is 0 Å². The Morgan fingerprint density at radius 3 is 2.72 bits per heavy atom. The molecule has 0 unspecified atom stereocenters. The maximum Gasteiger partial charge on any atom is 0.151 e. The summed E-state index contributed by atoms with van der Waals surface area (Å²) < 4.78 is 31.5. The predicted octanol–water partition coefficient (Wildman–Crippen LogP) is 1.29. The van der Waals surface area contributed by atoms with Gasteiger partial charge in [0.2, 0.25) is 0 Å². The fourth-order valence-electron chi connectivity index (χ4n) is 1.90. The second-order valence-electron chi connectivity index (χ2n) is 4.23. The zero-order valence-corrected chi connectivity index (χ0v) is 10.1. The van der Waals surface area contributed by atoms with Crippen molar-refractivity contribution in [2.75, 3.05) is 50.4 Å². The third kappa shape index (κ3) is 3.30. The largest absolute Gasteiger partial charge is 0.395 e. The van der Waals surface area contributed by atoms with Crippen molar-refractivity contribution < 1.29 is 13.5 Å². The first-order valence-electron chi connectivity index (χ1n) is 5.95. The van der Waals surface area contributed by atoms with Crippen LogP contribution in [0.25, 0.3) is 0 Å². The van der Waals surface area contributed by atoms with E-state index < -0.39 is 11.6 Å². The number of nitrogens with zero attached hydrogens (tertiary/aromatic N) is 1. The highest BCUT2D eigenvalue weighted by molar-refractivity contribution is 5.66. The van der Waals surface area contributed by atoms with E-state index in [2.05, 4.69) is 10.2 Å². The van der Waals surface area contributed by atoms with Crippen molar-refractivity contribution in [2.45, 2.75) is 0 Å². The van der Waals surface area contributed by atoms with Crippen LogP contribution in [0.3, 0.4) is 0 Å². The maximum absolute atomic E-state index is 13.2. The minimum absolute atomic E-state index is 0.0432. The highest BCUT2D eigenvalue weighted by Crippen LogP contribution is 2.22. The molecule has 2 rings (SSSR count). The molecule has 4 nitrogen and oxygen atoms in total. The molecule has 18 heavy (non-hydrogen) atoms. The Morgan fingerprint density at radius 1 is 1.28 bits per heavy atom. The van der Waals surface area contributed by atoms with Crippen molar-refractivity contribution in [2.24, 2.45) is 0 Å². The fourth-order valence-corrected chi connectivity index (χ4v) is 1.90. The maximum atomic E-state index is 13.2. The number of nitrogens with two attached hydrogens (primary N) is 1. The summed E-state index contributed by atoms with van der Waals surface area (Å²) in [5.41, 5.74) is 5.80. The van der Waals surface area contributed by atoms with Gasteiger partial charge in [0.05, 0.1) is 24.6 Å². The number of anilines is 2. The summed E-state index contributed by atoms with van der Waals surface area (Å²) in [4.78, 5) is 2.22. The SMILES string of the molecule is Nc1c(F)cc(F)cc1NCCN1CCOCC1. The van der Waals surface area contributed by atoms with Gasteiger partial charge >= 0.3 is 0 Å². The molecular formula is C12H17F2N3O. The van der Waals surface area contributed by atoms with Crippen molar-refractivity contribution in [1.29, 1.82) is 0 Å². The average molecular weight is 257 g/mol. The third-order valence-electron chi connectivity index (χ3n) is 2.94. The van der Waals surface area contributed by atoms with Crippen LogP contribution in [0.4, 0.5) is 20.2 Å². The van der Waals surface area contributed by atoms with E-state index in [9.17, 15) is 8.78 Å². The van der Waals surface area contributed by atoms with Gasteiger partial charge in [-0.3, -0.25) is 4.90 Å². The predicted molar refractivity (Wildman–Crippen MR) is 66.5 cm³/mol. The van der Waals surface area contributed by atoms with Gasteiger partial charge in [-0.1, -0.05) is 0 Å². The number of nitrogen functional groups attached to an aromatic ring is 1. The number of nitrogens with one attached hydrogen (secondary N) is 1. The van der Waals surface area contributed by atoms with E-state index in [1.54, 1.807) is 0 Å². The second kappa shape index (κ2) is 5.97. The summed E-state index contributed by atoms with van der Waals surface area (Å²) in [7, 11) is 0. The van der Waals surface area contributed by atoms with Gasteiger partial charge < -0.3 is 15.8 Å². The van der Waals surface area contributed by atoms with Gasteiger partial charge in [-0.2, -0.15) is 0 Å². The lowest BCUT2D eigenvalue weighted by Gasteiger charge is -2.26. The van der Waals surface area contributed by atoms with Crippen LogP contribution < -0.4 is 11.1 Å². The molecule has 0 aliphatic carbocycles. The minimum atomic E-state index is -0.733. The van der Waals surface area contributed by atoms with Gasteiger partial charge in [0.15, 0.2) is 5.82 Å². The van der Waals surface area contributed by atoms with Gasteiger partial charge in [0.1, 0.15) is 5.82 Å². The first kappa shape index (κ1) is 13.0. The lowest BCUT2D eigenvalue weighted by Crippen LogP contribution is -2.39. The smallest absolute Gasteiger partial charge is 0.151 e. The molecule has 1 aliphatic rings. The van der Waals surface area contributed by atoms with E-state index in [1.807, 2.05) is 0 Å². The molecule has 1 aliphatic heterocycles. The van der Waals surface area contributed by atoms with E-state index in [4.69, 9.17) is 10.5 Å². The number of halogens is 2. The standard InChI is InChI=1S/C12H17F2N3O/c13-9-7-10(14)12(15)11(8-9)16-1-2-17-3-5-18-6-4-17/h7-8,16H,1-6,15H2. The van der Waals surface area contributed by atoms with E-state index in [0.717, 1.165) is 38.9 Å². The third-order valence-corrected chi connectivity index (χ3v) is 2.94. The topological polar surface area (TPSA) is 50.5 Å². The minimum Gasteiger partial charge on any atom is -0.395 e. The lowest BCUT2D eigenvalue weighted by molar-refractivity contribution is 0.0398. The summed E-state index contributed by atoms with van der Waals surface area (Å²) in [5.74, 6) is -1.36. The number of rotatable bonds is 4. The average Bonchev–Trinajstić information content (AvgIpc) is 2.36. The molecule has 0 atom stereocenters. The summed E-state index contributed by atoms with van der Waals surface area (Å²) in [5, 5.41) is 2.95. The number of morpholine rings is 1. The monoisotopic (exact) mass is 257 g/mol. The van der Waals surface area contributed by atoms with E-state index in [1.165, 1.54) is 6.07 Å². The van der Waals surface area contributed by atoms with E-state index in [-0.39, 0.29) is 5.69 Å². The molecule has 1 aromatic carbocycles. The van der Waals surface area contributed by atoms with Crippen molar-refractivity contribution in [3.05, 3.63) is 23.8 Å². The Bertz CT molecular complexity index is 409. The molecule has 100 valence electrons. The molecule has 0 aromatic heterocycles. The summed E-state index contributed by atoms with van der Waals surface area (Å²) in [6, 6.07) is 1.99. The van der Waals surface area contributed by atoms with Crippen LogP contribution in [0.2, 0.25) is 0 Å². The molecule has 1 fully saturated rings. The van der Waals surface area contributed by atoms with Crippen LogP contribution in [0.15, 0.2) is 12.1 Å². The van der Waals surface area contributed by atoms with Crippen LogP contribution in [0.1, 0.15) is 0 Å². The van der Waals surface area contributed by atoms with Gasteiger partial charge in [-0.15, -0.1) is 0 Å². The molecular weight excluding hydrogens is 240 g/mol. The molecule has 1 saturated heterocycles. The van der Waals surface area contributed by atoms with Crippen molar-refractivity contribution in [1.82, 2.24) is 4.90 Å². The quantitative estimate of drug-likeness (QED) is 0.798. The Hall–Kier alpha value is -1.40. The molecule has 3 N–H and O–H groups in total. The first-order valence-corrected chi connectivity index (χ1v) is 5.95. The molecule has 0 bridgehead atoms. The Morgan fingerprint density at radius 2 is 2.00 bits per heavy atom. The number of hydrogen-bond donors (Lipinski definition) is 2. The van der Waals surface area contributed by atoms with Gasteiger partial charge in [0.25, 0.3) is 0 Å². The molecule has 0 saturated carbocycles. The zero-order chi connectivity index (χ0) is 13.0. The Labute approximate surface area is 105 Å². The molecule has 0 radical (unpaired) electrons. The lowest BCUT2D eigenvalue weighted by atomic mass is 10.2. The highest BCUT2D eigenvalue weighted by Gasteiger charge is 2.11. The van der Waals surface area contributed by atoms with Crippen molar-refractivity contribution in [3.8, 4) is 0 Å². The van der Waals surface area contributed by atoms with Crippen LogP contribution in [-0.2, 0) is 4.74 Å². The normalized spacial score (nSPS) is 16.8. The molecule has 6 heteroatoms. The van der Waals surface area contributed by atoms with Crippen LogP contribution in [0, 0.1) is 11.6 Å². The molecule has 0 spiro atoms. The van der Waals surface area contributed by atoms with Gasteiger partial charge in [-0.05, 0) is 6.07 Å². The van der Waals surface area contributed by atoms with Gasteiger partial charge in [0, 0.05) is 32.2 Å². The fraction of sp³-hybridized carbons (Fsp3) is 0.500. The van der Waals surface area contributed by atoms with Crippen LogP contribution >= 0.6 is 0 Å². The second-order valence-corrected chi connectivity index (χ2v) is 4.23. The molecule has 1 aromatic rings. The number of benzene rings is 1. The van der Waals surface area contributed by atoms with Gasteiger partial charge in [-0.25, -0.2) is 8.78 Å². The molecule has 1 heterocycles.